The average Bonchev–Trinajstić information content (AvgIpc) is 2.75. The molecule has 1 aliphatic heterocycles. The van der Waals surface area contributed by atoms with Gasteiger partial charge in [0.15, 0.2) is 9.84 Å². The van der Waals surface area contributed by atoms with Gasteiger partial charge in [-0.05, 0) is 24.6 Å². The fourth-order valence-corrected chi connectivity index (χ4v) is 5.63. The molecule has 0 radical (unpaired) electrons. The monoisotopic (exact) mass is 332 g/mol. The lowest BCUT2D eigenvalue weighted by molar-refractivity contribution is 0.560. The van der Waals surface area contributed by atoms with Crippen molar-refractivity contribution in [2.24, 2.45) is 0 Å². The van der Waals surface area contributed by atoms with Gasteiger partial charge < -0.3 is 5.32 Å². The van der Waals surface area contributed by atoms with Gasteiger partial charge in [0.05, 0.1) is 16.4 Å². The van der Waals surface area contributed by atoms with E-state index in [1.807, 2.05) is 6.92 Å². The Morgan fingerprint density at radius 3 is 2.62 bits per heavy atom. The molecule has 1 unspecified atom stereocenters. The van der Waals surface area contributed by atoms with Gasteiger partial charge in [-0.25, -0.2) is 21.6 Å². The molecule has 0 aromatic heterocycles. The van der Waals surface area contributed by atoms with Gasteiger partial charge in [-0.3, -0.25) is 0 Å². The van der Waals surface area contributed by atoms with Crippen LogP contribution < -0.4 is 10.0 Å². The number of sulfone groups is 1. The van der Waals surface area contributed by atoms with Crippen molar-refractivity contribution in [1.82, 2.24) is 10.0 Å². The molecule has 0 spiro atoms. The van der Waals surface area contributed by atoms with Crippen molar-refractivity contribution in [3.05, 3.63) is 29.8 Å². The zero-order valence-corrected chi connectivity index (χ0v) is 13.5. The van der Waals surface area contributed by atoms with E-state index >= 15 is 0 Å². The summed E-state index contributed by atoms with van der Waals surface area (Å²) in [6.45, 7) is 3.14. The molecule has 1 atom stereocenters. The number of hydrogen-bond acceptors (Lipinski definition) is 5. The highest BCUT2D eigenvalue weighted by atomic mass is 32.2. The lowest BCUT2D eigenvalue weighted by atomic mass is 10.2. The lowest BCUT2D eigenvalue weighted by Gasteiger charge is -2.14. The molecule has 8 heteroatoms. The second-order valence-electron chi connectivity index (χ2n) is 5.11. The Hall–Kier alpha value is -0.960. The smallest absolute Gasteiger partial charge is 0.241 e. The van der Waals surface area contributed by atoms with Crippen LogP contribution in [0.1, 0.15) is 18.9 Å². The Morgan fingerprint density at radius 2 is 2.00 bits per heavy atom. The Bertz CT molecular complexity index is 699. The SMILES string of the molecule is CCNCc1ccccc1S(=O)(=O)NC1CCS(=O)(=O)C1. The molecule has 118 valence electrons. The van der Waals surface area contributed by atoms with E-state index in [1.54, 1.807) is 24.3 Å². The molecular formula is C13H20N2O4S2. The molecule has 0 aliphatic carbocycles. The summed E-state index contributed by atoms with van der Waals surface area (Å²) in [5.41, 5.74) is 0.674. The predicted molar refractivity (Wildman–Crippen MR) is 81.2 cm³/mol. The molecule has 1 saturated heterocycles. The minimum atomic E-state index is -3.71. The third kappa shape index (κ3) is 4.26. The van der Waals surface area contributed by atoms with Gasteiger partial charge in [-0.1, -0.05) is 25.1 Å². The third-order valence-electron chi connectivity index (χ3n) is 3.38. The maximum Gasteiger partial charge on any atom is 0.241 e. The summed E-state index contributed by atoms with van der Waals surface area (Å²) >= 11 is 0. The molecule has 1 fully saturated rings. The van der Waals surface area contributed by atoms with E-state index in [2.05, 4.69) is 10.0 Å². The summed E-state index contributed by atoms with van der Waals surface area (Å²) in [5.74, 6) is -0.0825. The molecule has 21 heavy (non-hydrogen) atoms. The van der Waals surface area contributed by atoms with E-state index in [-0.39, 0.29) is 16.4 Å². The number of rotatable bonds is 6. The van der Waals surface area contributed by atoms with Crippen LogP contribution in [0.25, 0.3) is 0 Å². The molecule has 6 nitrogen and oxygen atoms in total. The first-order valence-corrected chi connectivity index (χ1v) is 10.2. The number of sulfonamides is 1. The summed E-state index contributed by atoms with van der Waals surface area (Å²) in [5, 5.41) is 3.10. The molecule has 1 aromatic rings. The van der Waals surface area contributed by atoms with E-state index in [9.17, 15) is 16.8 Å². The molecule has 2 N–H and O–H groups in total. The van der Waals surface area contributed by atoms with Gasteiger partial charge in [0, 0.05) is 12.6 Å². The molecule has 1 heterocycles. The van der Waals surface area contributed by atoms with Gasteiger partial charge in [0.1, 0.15) is 0 Å². The summed E-state index contributed by atoms with van der Waals surface area (Å²) in [4.78, 5) is 0.204. The van der Waals surface area contributed by atoms with E-state index < -0.39 is 25.9 Å². The van der Waals surface area contributed by atoms with Crippen LogP contribution in [0.5, 0.6) is 0 Å². The largest absolute Gasteiger partial charge is 0.313 e. The van der Waals surface area contributed by atoms with Crippen LogP contribution in [0.4, 0.5) is 0 Å². The van der Waals surface area contributed by atoms with Crippen LogP contribution in [0, 0.1) is 0 Å². The van der Waals surface area contributed by atoms with Crippen molar-refractivity contribution in [2.45, 2.75) is 30.8 Å². The molecule has 0 saturated carbocycles. The number of benzene rings is 1. The number of nitrogens with one attached hydrogen (secondary N) is 2. The van der Waals surface area contributed by atoms with E-state index in [1.165, 1.54) is 0 Å². The topological polar surface area (TPSA) is 92.3 Å². The Balaban J connectivity index is 2.20. The van der Waals surface area contributed by atoms with Crippen molar-refractivity contribution in [3.8, 4) is 0 Å². The normalized spacial score (nSPS) is 21.5. The molecule has 1 aromatic carbocycles. The molecule has 0 amide bonds. The first kappa shape index (κ1) is 16.4. The third-order valence-corrected chi connectivity index (χ3v) is 6.77. The average molecular weight is 332 g/mol. The minimum absolute atomic E-state index is 0.0409. The summed E-state index contributed by atoms with van der Waals surface area (Å²) in [7, 11) is -6.82. The second-order valence-corrected chi connectivity index (χ2v) is 9.02. The lowest BCUT2D eigenvalue weighted by Crippen LogP contribution is -2.36. The fourth-order valence-electron chi connectivity index (χ4n) is 2.34. The molecule has 2 rings (SSSR count). The van der Waals surface area contributed by atoms with Gasteiger partial charge in [0.25, 0.3) is 0 Å². The maximum atomic E-state index is 12.4. The van der Waals surface area contributed by atoms with E-state index in [0.29, 0.717) is 18.5 Å². The molecule has 1 aliphatic rings. The Kier molecular flexibility index (Phi) is 5.03. The first-order valence-electron chi connectivity index (χ1n) is 6.85. The summed E-state index contributed by atoms with van der Waals surface area (Å²) < 4.78 is 50.3. The summed E-state index contributed by atoms with van der Waals surface area (Å²) in [6, 6.07) is 6.20. The zero-order chi connectivity index (χ0) is 15.5. The van der Waals surface area contributed by atoms with Crippen LogP contribution in [0.3, 0.4) is 0 Å². The highest BCUT2D eigenvalue weighted by Gasteiger charge is 2.31. The van der Waals surface area contributed by atoms with Crippen LogP contribution in [-0.2, 0) is 26.4 Å². The van der Waals surface area contributed by atoms with Crippen LogP contribution >= 0.6 is 0 Å². The van der Waals surface area contributed by atoms with Crippen molar-refractivity contribution < 1.29 is 16.8 Å². The second kappa shape index (κ2) is 6.43. The number of hydrogen-bond donors (Lipinski definition) is 2. The summed E-state index contributed by atoms with van der Waals surface area (Å²) in [6.07, 6.45) is 0.330. The van der Waals surface area contributed by atoms with E-state index in [4.69, 9.17) is 0 Å². The van der Waals surface area contributed by atoms with Crippen molar-refractivity contribution in [3.63, 3.8) is 0 Å². The van der Waals surface area contributed by atoms with Crippen LogP contribution in [0.2, 0.25) is 0 Å². The predicted octanol–water partition coefficient (Wildman–Crippen LogP) is 0.262. The van der Waals surface area contributed by atoms with Crippen LogP contribution in [0.15, 0.2) is 29.2 Å². The van der Waals surface area contributed by atoms with Crippen molar-refractivity contribution in [1.29, 1.82) is 0 Å². The quantitative estimate of drug-likeness (QED) is 0.780. The molecule has 0 bridgehead atoms. The van der Waals surface area contributed by atoms with Crippen LogP contribution in [-0.4, -0.2) is 40.9 Å². The van der Waals surface area contributed by atoms with Crippen molar-refractivity contribution >= 4 is 19.9 Å². The Morgan fingerprint density at radius 1 is 1.29 bits per heavy atom. The standard InChI is InChI=1S/C13H20N2O4S2/c1-2-14-9-11-5-3-4-6-13(11)21(18,19)15-12-7-8-20(16,17)10-12/h3-6,12,14-15H,2,7-10H2,1H3. The molecular weight excluding hydrogens is 312 g/mol. The Labute approximate surface area is 125 Å². The highest BCUT2D eigenvalue weighted by molar-refractivity contribution is 7.92. The minimum Gasteiger partial charge on any atom is -0.313 e. The maximum absolute atomic E-state index is 12.4. The van der Waals surface area contributed by atoms with Gasteiger partial charge in [-0.15, -0.1) is 0 Å². The fraction of sp³-hybridized carbons (Fsp3) is 0.538. The van der Waals surface area contributed by atoms with Gasteiger partial charge in [0.2, 0.25) is 10.0 Å². The van der Waals surface area contributed by atoms with Crippen molar-refractivity contribution in [2.75, 3.05) is 18.1 Å². The van der Waals surface area contributed by atoms with Gasteiger partial charge in [-0.2, -0.15) is 0 Å². The van der Waals surface area contributed by atoms with Gasteiger partial charge >= 0.3 is 0 Å². The highest BCUT2D eigenvalue weighted by Crippen LogP contribution is 2.18. The first-order chi connectivity index (χ1) is 9.84. The van der Waals surface area contributed by atoms with E-state index in [0.717, 1.165) is 6.54 Å². The zero-order valence-electron chi connectivity index (χ0n) is 11.9.